The first kappa shape index (κ1) is 13.4. The molecule has 1 aromatic carbocycles. The van der Waals surface area contributed by atoms with Crippen LogP contribution in [0.5, 0.6) is 11.5 Å². The van der Waals surface area contributed by atoms with Crippen molar-refractivity contribution in [3.8, 4) is 17.6 Å². The molecule has 0 atom stereocenters. The Labute approximate surface area is 132 Å². The van der Waals surface area contributed by atoms with Gasteiger partial charge in [0.1, 0.15) is 11.1 Å². The number of thiazole rings is 1. The van der Waals surface area contributed by atoms with Gasteiger partial charge in [-0.05, 0) is 49.5 Å². The predicted octanol–water partition coefficient (Wildman–Crippen LogP) is 3.81. The van der Waals surface area contributed by atoms with Crippen molar-refractivity contribution in [2.24, 2.45) is 0 Å². The van der Waals surface area contributed by atoms with Crippen LogP contribution in [0.1, 0.15) is 34.0 Å². The third-order valence-corrected chi connectivity index (χ3v) is 5.09. The molecule has 0 bridgehead atoms. The predicted molar refractivity (Wildman–Crippen MR) is 84.8 cm³/mol. The Bertz CT molecular complexity index is 778. The summed E-state index contributed by atoms with van der Waals surface area (Å²) in [6, 6.07) is 7.98. The summed E-state index contributed by atoms with van der Waals surface area (Å²) in [7, 11) is 0. The molecule has 110 valence electrons. The fourth-order valence-corrected chi connectivity index (χ4v) is 3.89. The second kappa shape index (κ2) is 5.47. The molecule has 22 heavy (non-hydrogen) atoms. The van der Waals surface area contributed by atoms with Crippen molar-refractivity contribution in [2.45, 2.75) is 25.7 Å². The monoisotopic (exact) mass is 310 g/mol. The molecule has 2 aromatic rings. The average molecular weight is 310 g/mol. The van der Waals surface area contributed by atoms with Crippen molar-refractivity contribution in [2.75, 3.05) is 6.79 Å². The average Bonchev–Trinajstić information content (AvgIpc) is 3.18. The number of aromatic nitrogens is 1. The summed E-state index contributed by atoms with van der Waals surface area (Å²) in [5.74, 6) is 1.48. The minimum absolute atomic E-state index is 0.257. The third kappa shape index (κ3) is 2.36. The van der Waals surface area contributed by atoms with Gasteiger partial charge in [-0.1, -0.05) is 6.07 Å². The number of allylic oxidation sites excluding steroid dienone is 1. The second-order valence-corrected chi connectivity index (χ2v) is 6.46. The lowest BCUT2D eigenvalue weighted by Gasteiger charge is -2.06. The van der Waals surface area contributed by atoms with E-state index in [1.807, 2.05) is 24.3 Å². The van der Waals surface area contributed by atoms with Gasteiger partial charge in [-0.25, -0.2) is 4.98 Å². The number of benzene rings is 1. The van der Waals surface area contributed by atoms with E-state index < -0.39 is 0 Å². The fraction of sp³-hybridized carbons (Fsp3) is 0.294. The first-order chi connectivity index (χ1) is 10.8. The largest absolute Gasteiger partial charge is 0.454 e. The minimum Gasteiger partial charge on any atom is -0.454 e. The van der Waals surface area contributed by atoms with E-state index in [4.69, 9.17) is 9.47 Å². The molecule has 0 radical (unpaired) electrons. The molecule has 2 heterocycles. The molecular formula is C17H14N2O2S. The molecule has 2 aliphatic rings. The van der Waals surface area contributed by atoms with E-state index in [-0.39, 0.29) is 6.79 Å². The molecule has 4 rings (SSSR count). The highest BCUT2D eigenvalue weighted by Gasteiger charge is 2.18. The third-order valence-electron chi connectivity index (χ3n) is 3.90. The van der Waals surface area contributed by atoms with E-state index in [2.05, 4.69) is 11.1 Å². The quantitative estimate of drug-likeness (QED) is 0.791. The molecule has 0 spiro atoms. The van der Waals surface area contributed by atoms with Crippen LogP contribution >= 0.6 is 11.3 Å². The Hall–Kier alpha value is -2.32. The molecule has 5 heteroatoms. The van der Waals surface area contributed by atoms with Crippen molar-refractivity contribution >= 4 is 23.0 Å². The Morgan fingerprint density at radius 2 is 2.09 bits per heavy atom. The van der Waals surface area contributed by atoms with Gasteiger partial charge < -0.3 is 9.47 Å². The molecule has 0 fully saturated rings. The van der Waals surface area contributed by atoms with Gasteiger partial charge in [0, 0.05) is 4.88 Å². The first-order valence-electron chi connectivity index (χ1n) is 7.34. The Morgan fingerprint density at radius 3 is 2.95 bits per heavy atom. The fourth-order valence-electron chi connectivity index (χ4n) is 2.78. The molecule has 0 unspecified atom stereocenters. The molecule has 1 aliphatic heterocycles. The smallest absolute Gasteiger partial charge is 0.231 e. The highest BCUT2D eigenvalue weighted by molar-refractivity contribution is 7.13. The van der Waals surface area contributed by atoms with Crippen molar-refractivity contribution in [3.05, 3.63) is 39.3 Å². The molecule has 1 aromatic heterocycles. The summed E-state index contributed by atoms with van der Waals surface area (Å²) in [5, 5.41) is 10.3. The Kier molecular flexibility index (Phi) is 3.32. The van der Waals surface area contributed by atoms with Gasteiger partial charge >= 0.3 is 0 Å². The van der Waals surface area contributed by atoms with Crippen molar-refractivity contribution < 1.29 is 9.47 Å². The van der Waals surface area contributed by atoms with Gasteiger partial charge in [-0.3, -0.25) is 0 Å². The summed E-state index contributed by atoms with van der Waals surface area (Å²) in [6.07, 6.45) is 6.42. The van der Waals surface area contributed by atoms with E-state index in [1.165, 1.54) is 23.4 Å². The zero-order valence-electron chi connectivity index (χ0n) is 12.0. The molecule has 0 N–H and O–H groups in total. The van der Waals surface area contributed by atoms with Gasteiger partial charge in [0.05, 0.1) is 11.3 Å². The normalized spacial score (nSPS) is 16.2. The number of hydrogen-bond acceptors (Lipinski definition) is 5. The van der Waals surface area contributed by atoms with E-state index in [1.54, 1.807) is 11.3 Å². The van der Waals surface area contributed by atoms with Crippen LogP contribution in [0.2, 0.25) is 0 Å². The maximum atomic E-state index is 9.49. The van der Waals surface area contributed by atoms with Gasteiger partial charge in [0.25, 0.3) is 0 Å². The van der Waals surface area contributed by atoms with Crippen LogP contribution in [0, 0.1) is 11.3 Å². The van der Waals surface area contributed by atoms with Crippen LogP contribution in [0.25, 0.3) is 11.6 Å². The molecule has 4 nitrogen and oxygen atoms in total. The van der Waals surface area contributed by atoms with Crippen molar-refractivity contribution in [1.29, 1.82) is 5.26 Å². The van der Waals surface area contributed by atoms with E-state index >= 15 is 0 Å². The van der Waals surface area contributed by atoms with Crippen molar-refractivity contribution in [3.63, 3.8) is 0 Å². The zero-order chi connectivity index (χ0) is 14.9. The maximum absolute atomic E-state index is 9.49. The van der Waals surface area contributed by atoms with E-state index in [0.29, 0.717) is 5.57 Å². The number of fused-ring (bicyclic) bond motifs is 2. The summed E-state index contributed by atoms with van der Waals surface area (Å²) < 4.78 is 10.7. The zero-order valence-corrected chi connectivity index (χ0v) is 12.8. The minimum atomic E-state index is 0.257. The Morgan fingerprint density at radius 1 is 1.23 bits per heavy atom. The highest BCUT2D eigenvalue weighted by Crippen LogP contribution is 2.35. The summed E-state index contributed by atoms with van der Waals surface area (Å²) in [6.45, 7) is 0.257. The summed E-state index contributed by atoms with van der Waals surface area (Å²) in [5.41, 5.74) is 2.71. The van der Waals surface area contributed by atoms with E-state index in [0.717, 1.165) is 34.9 Å². The first-order valence-corrected chi connectivity index (χ1v) is 8.15. The van der Waals surface area contributed by atoms with Crippen LogP contribution in [-0.2, 0) is 12.8 Å². The van der Waals surface area contributed by atoms with E-state index in [9.17, 15) is 5.26 Å². The number of ether oxygens (including phenoxy) is 2. The summed E-state index contributed by atoms with van der Waals surface area (Å²) >= 11 is 1.65. The molecular weight excluding hydrogens is 296 g/mol. The highest BCUT2D eigenvalue weighted by atomic mass is 32.1. The van der Waals surface area contributed by atoms with Crippen molar-refractivity contribution in [1.82, 2.24) is 4.98 Å². The standard InChI is InChI=1S/C17H14N2O2S/c18-9-12(17-19-13-3-1-2-4-16(13)22-17)7-11-5-6-14-15(8-11)21-10-20-14/h5-8H,1-4,10H2/b12-7+. The molecule has 0 amide bonds. The Balaban J connectivity index is 1.69. The lowest BCUT2D eigenvalue weighted by atomic mass is 10.0. The number of hydrogen-bond donors (Lipinski definition) is 0. The number of aryl methyl sites for hydroxylation is 2. The lowest BCUT2D eigenvalue weighted by molar-refractivity contribution is 0.174. The van der Waals surface area contributed by atoms with Gasteiger partial charge in [-0.2, -0.15) is 5.26 Å². The topological polar surface area (TPSA) is 55.1 Å². The number of rotatable bonds is 2. The number of nitrogens with zero attached hydrogens (tertiary/aromatic N) is 2. The van der Waals surface area contributed by atoms with Gasteiger partial charge in [0.2, 0.25) is 6.79 Å². The van der Waals surface area contributed by atoms with Crippen LogP contribution in [0.3, 0.4) is 0 Å². The van der Waals surface area contributed by atoms with Gasteiger partial charge in [0.15, 0.2) is 11.5 Å². The maximum Gasteiger partial charge on any atom is 0.231 e. The van der Waals surface area contributed by atoms with Crippen LogP contribution in [0.4, 0.5) is 0 Å². The molecule has 1 aliphatic carbocycles. The molecule has 0 saturated carbocycles. The van der Waals surface area contributed by atoms with Crippen LogP contribution in [-0.4, -0.2) is 11.8 Å². The second-order valence-electron chi connectivity index (χ2n) is 5.38. The summed E-state index contributed by atoms with van der Waals surface area (Å²) in [4.78, 5) is 6.00. The van der Waals surface area contributed by atoms with Crippen LogP contribution in [0.15, 0.2) is 18.2 Å². The number of nitriles is 1. The SMILES string of the molecule is N#C/C(=C\c1ccc2c(c1)OCO2)c1nc2c(s1)CCCC2. The molecule has 0 saturated heterocycles. The van der Waals surface area contributed by atoms with Gasteiger partial charge in [-0.15, -0.1) is 11.3 Å². The van der Waals surface area contributed by atoms with Crippen LogP contribution < -0.4 is 9.47 Å². The lowest BCUT2D eigenvalue weighted by Crippen LogP contribution is -1.99.